The van der Waals surface area contributed by atoms with E-state index < -0.39 is 188 Å². The van der Waals surface area contributed by atoms with E-state index >= 15 is 0 Å². The maximum Gasteiger partial charge on any atom is 0.332 e. The molecule has 3 N–H and O–H groups in total. The minimum absolute atomic E-state index is 0.0555. The summed E-state index contributed by atoms with van der Waals surface area (Å²) in [7, 11) is -5.69. The minimum Gasteiger partial charge on any atom is -0.463 e. The molecule has 0 bridgehead atoms. The summed E-state index contributed by atoms with van der Waals surface area (Å²) in [6.07, 6.45) is -2.71. The monoisotopic (exact) mass is 2020 g/mol. The van der Waals surface area contributed by atoms with Gasteiger partial charge in [-0.25, -0.2) is 0 Å². The Labute approximate surface area is 807 Å². The molecule has 137 heavy (non-hydrogen) atoms. The quantitative estimate of drug-likeness (QED) is 0.0168. The third-order valence-electron chi connectivity index (χ3n) is 18.9. The molecule has 46 nitrogen and oxygen atoms in total. The predicted molar refractivity (Wildman–Crippen MR) is 482 cm³/mol. The predicted octanol–water partition coefficient (Wildman–Crippen LogP) is 8.92. The summed E-state index contributed by atoms with van der Waals surface area (Å²) in [6.45, 7) is 19.8. The zero-order valence-electron chi connectivity index (χ0n) is 81.7. The van der Waals surface area contributed by atoms with Gasteiger partial charge in [0.05, 0.1) is 129 Å². The highest BCUT2D eigenvalue weighted by atomic mass is 31.2. The SMILES string of the molecule is CCCCOCC(COCCCOP(OCCC#N)OCCCCCCO[C@H](OC(COC(C)=O)[C@@H](C)OC(C)=O)[C@H](COC(C)=O)NC(C)=O)(COCCCOP(OCCC#N)OCCCCCCO[C@@H]1OC(COC(C)=O)[C@H](OC(C)=O)C(OC(C)=O)[C@@H]1NC(C)=O)COCCCOP(OCCC#N)OCCCCCCO[C@@H]1OC(COC(C)=O)[C@H](OC(C)=O)C(OC(C)=O)[C@@H]1NC(C)=O. The number of ether oxygens (including phenoxy) is 19. The molecule has 0 aromatic carbocycles. The molecule has 2 fully saturated rings. The molecule has 0 saturated carbocycles. The molecule has 2 saturated heterocycles. The highest BCUT2D eigenvalue weighted by Crippen LogP contribution is 2.43. The van der Waals surface area contributed by atoms with E-state index in [-0.39, 0.29) is 171 Å². The Hall–Kier alpha value is -7.36. The molecule has 8 unspecified atom stereocenters. The summed E-state index contributed by atoms with van der Waals surface area (Å²) >= 11 is 0. The average molecular weight is 2020 g/mol. The van der Waals surface area contributed by atoms with Crippen molar-refractivity contribution in [3.8, 4) is 18.2 Å². The lowest BCUT2D eigenvalue weighted by molar-refractivity contribution is -0.277. The zero-order chi connectivity index (χ0) is 101. The van der Waals surface area contributed by atoms with Crippen LogP contribution in [0.1, 0.15) is 225 Å². The van der Waals surface area contributed by atoms with Gasteiger partial charge in [-0.15, -0.1) is 0 Å². The topological polar surface area (TPSA) is 571 Å². The fourth-order valence-corrected chi connectivity index (χ4v) is 15.9. The molecule has 49 heteroatoms. The normalized spacial score (nSPS) is 19.9. The Morgan fingerprint density at radius 2 is 0.679 bits per heavy atom. The van der Waals surface area contributed by atoms with E-state index in [1.807, 2.05) is 6.92 Å². The van der Waals surface area contributed by atoms with Gasteiger partial charge >= 0.3 is 79.5 Å². The number of carbonyl (C=O) groups is 12. The van der Waals surface area contributed by atoms with Gasteiger partial charge in [-0.2, -0.15) is 15.8 Å². The van der Waals surface area contributed by atoms with Crippen LogP contribution in [0.15, 0.2) is 0 Å². The van der Waals surface area contributed by atoms with Crippen molar-refractivity contribution in [3.63, 3.8) is 0 Å². The summed E-state index contributed by atoms with van der Waals surface area (Å²) in [4.78, 5) is 146. The van der Waals surface area contributed by atoms with Crippen LogP contribution in [-0.2, 0) is 188 Å². The summed E-state index contributed by atoms with van der Waals surface area (Å²) in [6, 6.07) is 2.94. The van der Waals surface area contributed by atoms with Crippen molar-refractivity contribution in [1.29, 1.82) is 15.8 Å². The summed E-state index contributed by atoms with van der Waals surface area (Å²) in [5, 5.41) is 36.1. The van der Waals surface area contributed by atoms with Crippen LogP contribution in [0.2, 0.25) is 0 Å². The second-order valence-corrected chi connectivity index (χ2v) is 35.2. The first kappa shape index (κ1) is 126. The number of nitriles is 3. The van der Waals surface area contributed by atoms with E-state index in [4.69, 9.17) is 131 Å². The van der Waals surface area contributed by atoms with E-state index in [1.165, 1.54) is 62.3 Å². The number of nitrogens with one attached hydrogen (secondary N) is 3. The van der Waals surface area contributed by atoms with E-state index in [0.717, 1.165) is 40.5 Å². The number of hydrogen-bond donors (Lipinski definition) is 3. The smallest absolute Gasteiger partial charge is 0.332 e. The maximum absolute atomic E-state index is 12.4. The highest BCUT2D eigenvalue weighted by molar-refractivity contribution is 7.42. The molecule has 2 heterocycles. The van der Waals surface area contributed by atoms with Gasteiger partial charge in [0.1, 0.15) is 69.0 Å². The molecule has 0 aromatic heterocycles. The molecule has 0 aromatic rings. The standard InChI is InChI=1S/C88H147N6O40P3/c1-15-16-38-107-58-88(59-108-39-32-51-124-135(121-48-29-35-89)118-45-26-20-17-23-42-111-85(75(92-63(3)95)54-114-66(6)98)132-76(55-115-67(7)99)62(2)127-70(10)102,60-109-40-33-52-125-136(122-49-30-36-90)119-46-27-21-18-24-43-112-86-79(93-64(4)96)83(130-73(13)105)81(128-71(11)103)77(133-86)56-116-68(8)100)61-110-41-34-53-126-137(123-50-31-37-91)120-47-28-22-19-25-44-113-87-80(94-65(5)97)84(131-74(14)106)82(129-72(12)104)78(134-87)57-117-69(9)101/h62,75-87H,15-34,38-61H2,1-14H3,(H,92,95)(H,93,96)(H,94,97)/t62-,75+,76?,77?,78?,79+,80+,81+,82+,83?,84?,85-,86-,87-,88?,135?,136?,137?/m1/s1. The largest absolute Gasteiger partial charge is 0.463 e. The Balaban J connectivity index is 2.25. The number of rotatable bonds is 82. The van der Waals surface area contributed by atoms with E-state index in [9.17, 15) is 73.3 Å². The third kappa shape index (κ3) is 62.5. The van der Waals surface area contributed by atoms with Crippen molar-refractivity contribution in [1.82, 2.24) is 16.0 Å². The second kappa shape index (κ2) is 78.3. The number of amides is 3. The van der Waals surface area contributed by atoms with Crippen molar-refractivity contribution < 1.29 is 188 Å². The Morgan fingerprint density at radius 1 is 0.358 bits per heavy atom. The van der Waals surface area contributed by atoms with Gasteiger partial charge in [0, 0.05) is 129 Å². The number of hydrogen-bond acceptors (Lipinski definition) is 43. The first-order valence-electron chi connectivity index (χ1n) is 46.2. The molecule has 0 radical (unpaired) electrons. The molecular formula is C88H147N6O40P3. The molecule has 3 amide bonds. The highest BCUT2D eigenvalue weighted by Gasteiger charge is 2.53. The molecule has 2 rings (SSSR count). The molecule has 0 aliphatic carbocycles. The van der Waals surface area contributed by atoms with E-state index in [1.54, 1.807) is 0 Å². The third-order valence-corrected chi connectivity index (χ3v) is 22.4. The van der Waals surface area contributed by atoms with Gasteiger partial charge in [-0.3, -0.25) is 57.5 Å². The minimum atomic E-state index is -1.90. The van der Waals surface area contributed by atoms with Gasteiger partial charge in [-0.1, -0.05) is 51.9 Å². The van der Waals surface area contributed by atoms with Crippen molar-refractivity contribution in [2.75, 3.05) is 159 Å². The molecule has 2 aliphatic rings. The Morgan fingerprint density at radius 3 is 1.00 bits per heavy atom. The van der Waals surface area contributed by atoms with Crippen molar-refractivity contribution in [2.24, 2.45) is 5.41 Å². The fourth-order valence-electron chi connectivity index (χ4n) is 12.8. The van der Waals surface area contributed by atoms with Crippen molar-refractivity contribution >= 4 is 97.3 Å². The van der Waals surface area contributed by atoms with Crippen LogP contribution in [0.25, 0.3) is 0 Å². The molecule has 784 valence electrons. The lowest BCUT2D eigenvalue weighted by Crippen LogP contribution is -2.66. The van der Waals surface area contributed by atoms with Gasteiger partial charge in [-0.05, 0) is 71.1 Å². The molecular weight excluding hydrogens is 1870 g/mol. The lowest BCUT2D eigenvalue weighted by Gasteiger charge is -2.44. The van der Waals surface area contributed by atoms with Crippen LogP contribution < -0.4 is 16.0 Å². The van der Waals surface area contributed by atoms with Crippen molar-refractivity contribution in [3.05, 3.63) is 0 Å². The average Bonchev–Trinajstić information content (AvgIpc) is 0.788. The van der Waals surface area contributed by atoms with Crippen molar-refractivity contribution in [2.45, 2.75) is 311 Å². The van der Waals surface area contributed by atoms with Gasteiger partial charge in [0.15, 0.2) is 43.3 Å². The number of nitrogens with zero attached hydrogens (tertiary/aromatic N) is 3. The summed E-state index contributed by atoms with van der Waals surface area (Å²) < 4.78 is 165. The number of esters is 9. The first-order valence-corrected chi connectivity index (χ1v) is 49.5. The van der Waals surface area contributed by atoms with Gasteiger partial charge < -0.3 is 147 Å². The van der Waals surface area contributed by atoms with E-state index in [0.29, 0.717) is 103 Å². The lowest BCUT2D eigenvalue weighted by atomic mass is 9.92. The second-order valence-electron chi connectivity index (χ2n) is 31.6. The van der Waals surface area contributed by atoms with Crippen LogP contribution >= 0.6 is 25.8 Å². The van der Waals surface area contributed by atoms with Crippen LogP contribution in [0.5, 0.6) is 0 Å². The van der Waals surface area contributed by atoms with E-state index in [2.05, 4.69) is 34.2 Å². The maximum atomic E-state index is 12.4. The van der Waals surface area contributed by atoms with Gasteiger partial charge in [0.25, 0.3) is 0 Å². The molecule has 17 atom stereocenters. The molecule has 2 aliphatic heterocycles. The summed E-state index contributed by atoms with van der Waals surface area (Å²) in [5.74, 6) is -7.59. The Kier molecular flexibility index (Phi) is 71.8. The van der Waals surface area contributed by atoms with Crippen LogP contribution in [0, 0.1) is 39.4 Å². The van der Waals surface area contributed by atoms with Gasteiger partial charge in [0.2, 0.25) is 17.7 Å². The number of carbonyl (C=O) groups excluding carboxylic acids is 12. The summed E-state index contributed by atoms with van der Waals surface area (Å²) in [5.41, 5.74) is -0.878. The zero-order valence-corrected chi connectivity index (χ0v) is 84.4. The molecule has 0 spiro atoms. The van der Waals surface area contributed by atoms with Crippen LogP contribution in [0.4, 0.5) is 0 Å². The Bertz CT molecular complexity index is 3410. The van der Waals surface area contributed by atoms with Crippen LogP contribution in [0.3, 0.4) is 0 Å². The fraction of sp³-hybridized carbons (Fsp3) is 0.830. The first-order chi connectivity index (χ1) is 65.7. The number of unbranched alkanes of at least 4 members (excludes halogenated alkanes) is 10. The van der Waals surface area contributed by atoms with Crippen LogP contribution in [-0.4, -0.2) is 316 Å².